The second-order valence-corrected chi connectivity index (χ2v) is 5.20. The van der Waals surface area contributed by atoms with Gasteiger partial charge in [-0.25, -0.2) is 9.97 Å². The predicted molar refractivity (Wildman–Crippen MR) is 83.1 cm³/mol. The molecule has 0 spiro atoms. The molecule has 0 bridgehead atoms. The number of aryl methyl sites for hydroxylation is 2. The van der Waals surface area contributed by atoms with Crippen LogP contribution in [-0.4, -0.2) is 30.2 Å². The molecule has 1 aromatic heterocycles. The Morgan fingerprint density at radius 1 is 1.28 bits per heavy atom. The van der Waals surface area contributed by atoms with Crippen LogP contribution in [0, 0.1) is 3.57 Å². The minimum absolute atomic E-state index is 0.758. The van der Waals surface area contributed by atoms with E-state index in [9.17, 15) is 0 Å². The summed E-state index contributed by atoms with van der Waals surface area (Å²) < 4.78 is 6.22. The van der Waals surface area contributed by atoms with Gasteiger partial charge in [0.15, 0.2) is 0 Å². The number of rotatable bonds is 8. The maximum Gasteiger partial charge on any atom is 0.143 e. The second kappa shape index (κ2) is 8.63. The predicted octanol–water partition coefficient (Wildman–Crippen LogP) is 3.04. The van der Waals surface area contributed by atoms with Gasteiger partial charge in [-0.3, -0.25) is 0 Å². The van der Waals surface area contributed by atoms with E-state index in [-0.39, 0.29) is 0 Å². The van der Waals surface area contributed by atoms with Crippen LogP contribution in [0.1, 0.15) is 38.2 Å². The highest BCUT2D eigenvalue weighted by molar-refractivity contribution is 14.1. The molecule has 0 unspecified atom stereocenters. The highest BCUT2D eigenvalue weighted by Gasteiger charge is 2.10. The van der Waals surface area contributed by atoms with Crippen LogP contribution in [0.25, 0.3) is 0 Å². The lowest BCUT2D eigenvalue weighted by molar-refractivity contribution is 0.194. The third-order valence-corrected chi connectivity index (χ3v) is 3.73. The number of ether oxygens (including phenoxy) is 1. The Morgan fingerprint density at radius 2 is 2.06 bits per heavy atom. The molecule has 4 nitrogen and oxygen atoms in total. The Balaban J connectivity index is 2.83. The summed E-state index contributed by atoms with van der Waals surface area (Å²) in [6.45, 7) is 6.00. The van der Waals surface area contributed by atoms with Gasteiger partial charge in [0.1, 0.15) is 11.6 Å². The van der Waals surface area contributed by atoms with Crippen LogP contribution in [0.3, 0.4) is 0 Å². The fourth-order valence-electron chi connectivity index (χ4n) is 1.63. The minimum atomic E-state index is 0.758. The summed E-state index contributed by atoms with van der Waals surface area (Å²) in [5.74, 6) is 1.90. The molecule has 0 aromatic carbocycles. The number of methoxy groups -OCH3 is 1. The van der Waals surface area contributed by atoms with Crippen molar-refractivity contribution in [3.63, 3.8) is 0 Å². The van der Waals surface area contributed by atoms with Crippen molar-refractivity contribution >= 4 is 28.4 Å². The molecule has 0 saturated carbocycles. The number of aromatic nitrogens is 2. The maximum absolute atomic E-state index is 5.07. The topological polar surface area (TPSA) is 47.0 Å². The molecule has 0 atom stereocenters. The number of hydrogen-bond donors (Lipinski definition) is 1. The van der Waals surface area contributed by atoms with Crippen LogP contribution in [0.2, 0.25) is 0 Å². The van der Waals surface area contributed by atoms with E-state index in [0.717, 1.165) is 59.7 Å². The molecule has 0 aliphatic rings. The number of nitrogens with zero attached hydrogens (tertiary/aromatic N) is 2. The maximum atomic E-state index is 5.07. The molecular formula is C13H22IN3O. The first-order valence-corrected chi connectivity index (χ1v) is 7.58. The number of hydrogen-bond acceptors (Lipinski definition) is 4. The van der Waals surface area contributed by atoms with Crippen molar-refractivity contribution in [1.82, 2.24) is 9.97 Å². The van der Waals surface area contributed by atoms with E-state index in [4.69, 9.17) is 4.74 Å². The van der Waals surface area contributed by atoms with Crippen molar-refractivity contribution in [2.75, 3.05) is 25.6 Å². The zero-order chi connectivity index (χ0) is 13.4. The lowest BCUT2D eigenvalue weighted by Gasteiger charge is -2.11. The highest BCUT2D eigenvalue weighted by atomic mass is 127. The molecule has 0 radical (unpaired) electrons. The third kappa shape index (κ3) is 4.68. The molecule has 5 heteroatoms. The van der Waals surface area contributed by atoms with Gasteiger partial charge in [0.05, 0.1) is 9.26 Å². The largest absolute Gasteiger partial charge is 0.385 e. The molecule has 0 amide bonds. The Morgan fingerprint density at radius 3 is 2.67 bits per heavy atom. The zero-order valence-corrected chi connectivity index (χ0v) is 13.6. The average Bonchev–Trinajstić information content (AvgIpc) is 2.39. The van der Waals surface area contributed by atoms with Crippen LogP contribution in [-0.2, 0) is 17.6 Å². The molecule has 1 heterocycles. The molecule has 102 valence electrons. The SMILES string of the molecule is CCCNc1nc(CCCOC)nc(CC)c1I. The van der Waals surface area contributed by atoms with Crippen LogP contribution in [0.5, 0.6) is 0 Å². The van der Waals surface area contributed by atoms with E-state index in [2.05, 4.69) is 51.7 Å². The van der Waals surface area contributed by atoms with Crippen LogP contribution in [0.15, 0.2) is 0 Å². The average molecular weight is 363 g/mol. The first-order chi connectivity index (χ1) is 8.72. The van der Waals surface area contributed by atoms with Crippen LogP contribution >= 0.6 is 22.6 Å². The molecule has 1 N–H and O–H groups in total. The Hall–Kier alpha value is -0.430. The first kappa shape index (κ1) is 15.6. The summed E-state index contributed by atoms with van der Waals surface area (Å²) >= 11 is 2.33. The van der Waals surface area contributed by atoms with Gasteiger partial charge in [-0.05, 0) is 41.9 Å². The third-order valence-electron chi connectivity index (χ3n) is 2.59. The van der Waals surface area contributed by atoms with Crippen molar-refractivity contribution < 1.29 is 4.74 Å². The quantitative estimate of drug-likeness (QED) is 0.570. The van der Waals surface area contributed by atoms with Crippen LogP contribution < -0.4 is 5.32 Å². The van der Waals surface area contributed by atoms with Crippen molar-refractivity contribution in [3.05, 3.63) is 15.1 Å². The molecule has 0 saturated heterocycles. The fourth-order valence-corrected chi connectivity index (χ4v) is 2.44. The van der Waals surface area contributed by atoms with Crippen molar-refractivity contribution in [2.45, 2.75) is 39.5 Å². The summed E-state index contributed by atoms with van der Waals surface area (Å²) in [5, 5.41) is 3.38. The highest BCUT2D eigenvalue weighted by Crippen LogP contribution is 2.20. The number of anilines is 1. The van der Waals surface area contributed by atoms with Gasteiger partial charge in [-0.15, -0.1) is 0 Å². The number of nitrogens with one attached hydrogen (secondary N) is 1. The molecule has 0 fully saturated rings. The molecular weight excluding hydrogens is 341 g/mol. The molecule has 0 aliphatic heterocycles. The molecule has 0 aliphatic carbocycles. The summed E-state index contributed by atoms with van der Waals surface area (Å²) in [6, 6.07) is 0. The van der Waals surface area contributed by atoms with E-state index in [1.165, 1.54) is 0 Å². The van der Waals surface area contributed by atoms with E-state index < -0.39 is 0 Å². The van der Waals surface area contributed by atoms with Gasteiger partial charge in [-0.1, -0.05) is 13.8 Å². The van der Waals surface area contributed by atoms with Gasteiger partial charge < -0.3 is 10.1 Å². The molecule has 1 aromatic rings. The zero-order valence-electron chi connectivity index (χ0n) is 11.4. The smallest absolute Gasteiger partial charge is 0.143 e. The summed E-state index contributed by atoms with van der Waals surface area (Å²) in [5.41, 5.74) is 1.14. The lowest BCUT2D eigenvalue weighted by Crippen LogP contribution is -2.11. The Labute approximate surface area is 123 Å². The van der Waals surface area contributed by atoms with Crippen molar-refractivity contribution in [3.8, 4) is 0 Å². The van der Waals surface area contributed by atoms with Crippen molar-refractivity contribution in [1.29, 1.82) is 0 Å². The summed E-state index contributed by atoms with van der Waals surface area (Å²) in [4.78, 5) is 9.22. The summed E-state index contributed by atoms with van der Waals surface area (Å²) in [7, 11) is 1.72. The molecule has 18 heavy (non-hydrogen) atoms. The van der Waals surface area contributed by atoms with E-state index in [1.807, 2.05) is 0 Å². The Bertz CT molecular complexity index is 371. The standard InChI is InChI=1S/C13H22IN3O/c1-4-8-15-13-12(14)10(5-2)16-11(17-13)7-6-9-18-3/h4-9H2,1-3H3,(H,15,16,17). The fraction of sp³-hybridized carbons (Fsp3) is 0.692. The van der Waals surface area contributed by atoms with E-state index in [1.54, 1.807) is 7.11 Å². The first-order valence-electron chi connectivity index (χ1n) is 6.51. The van der Waals surface area contributed by atoms with Crippen molar-refractivity contribution in [2.24, 2.45) is 0 Å². The van der Waals surface area contributed by atoms with Gasteiger partial charge in [0.2, 0.25) is 0 Å². The summed E-state index contributed by atoms with van der Waals surface area (Å²) in [6.07, 6.45) is 3.88. The van der Waals surface area contributed by atoms with Gasteiger partial charge in [0.25, 0.3) is 0 Å². The second-order valence-electron chi connectivity index (χ2n) is 4.13. The van der Waals surface area contributed by atoms with Gasteiger partial charge >= 0.3 is 0 Å². The lowest BCUT2D eigenvalue weighted by atomic mass is 10.2. The van der Waals surface area contributed by atoms with Crippen LogP contribution in [0.4, 0.5) is 5.82 Å². The van der Waals surface area contributed by atoms with E-state index >= 15 is 0 Å². The normalized spacial score (nSPS) is 10.7. The Kier molecular flexibility index (Phi) is 7.50. The molecule has 1 rings (SSSR count). The van der Waals surface area contributed by atoms with Gasteiger partial charge in [0, 0.05) is 26.7 Å². The number of halogens is 1. The minimum Gasteiger partial charge on any atom is -0.385 e. The van der Waals surface area contributed by atoms with E-state index in [0.29, 0.717) is 0 Å². The van der Waals surface area contributed by atoms with Gasteiger partial charge in [-0.2, -0.15) is 0 Å². The monoisotopic (exact) mass is 363 g/mol.